The van der Waals surface area contributed by atoms with Crippen LogP contribution in [0.25, 0.3) is 0 Å². The van der Waals surface area contributed by atoms with Crippen molar-refractivity contribution in [3.63, 3.8) is 0 Å². The molecule has 0 amide bonds. The van der Waals surface area contributed by atoms with Crippen LogP contribution >= 0.6 is 15.9 Å². The smallest absolute Gasteiger partial charge is 0.123 e. The van der Waals surface area contributed by atoms with Crippen LogP contribution in [0.1, 0.15) is 18.5 Å². The molecule has 0 aliphatic heterocycles. The van der Waals surface area contributed by atoms with E-state index < -0.39 is 0 Å². The minimum atomic E-state index is -0.267. The lowest BCUT2D eigenvalue weighted by Gasteiger charge is -2.19. The van der Waals surface area contributed by atoms with Gasteiger partial charge in [-0.15, -0.1) is 0 Å². The molecule has 0 aliphatic rings. The fraction of sp³-hybridized carbons (Fsp3) is 0.429. The maximum absolute atomic E-state index is 13.3. The highest BCUT2D eigenvalue weighted by molar-refractivity contribution is 9.10. The van der Waals surface area contributed by atoms with Crippen LogP contribution in [0.3, 0.4) is 0 Å². The number of halogens is 2. The number of hydrogen-bond donors (Lipinski definition) is 2. The molecule has 0 spiro atoms. The van der Waals surface area contributed by atoms with Gasteiger partial charge in [0.15, 0.2) is 0 Å². The topological polar surface area (TPSA) is 47.3 Å². The van der Waals surface area contributed by atoms with E-state index in [0.717, 1.165) is 15.6 Å². The normalized spacial score (nSPS) is 12.4. The molecule has 1 unspecified atom stereocenters. The second kappa shape index (κ2) is 8.43. The summed E-state index contributed by atoms with van der Waals surface area (Å²) in [4.78, 5) is 0. The zero-order valence-electron chi connectivity index (χ0n) is 11.1. The van der Waals surface area contributed by atoms with Gasteiger partial charge in [0, 0.05) is 23.6 Å². The predicted octanol–water partition coefficient (Wildman–Crippen LogP) is 2.77. The summed E-state index contributed by atoms with van der Waals surface area (Å²) in [6.07, 6.45) is 0. The maximum Gasteiger partial charge on any atom is 0.123 e. The van der Waals surface area contributed by atoms with Gasteiger partial charge in [-0.1, -0.05) is 28.1 Å². The summed E-state index contributed by atoms with van der Waals surface area (Å²) in [5.41, 5.74) is 7.54. The Hall–Kier alpha value is -0.750. The van der Waals surface area contributed by atoms with Crippen molar-refractivity contribution in [2.24, 2.45) is 5.73 Å². The van der Waals surface area contributed by atoms with Crippen LogP contribution in [-0.4, -0.2) is 26.3 Å². The van der Waals surface area contributed by atoms with E-state index in [0.29, 0.717) is 26.3 Å². The molecule has 1 atom stereocenters. The summed E-state index contributed by atoms with van der Waals surface area (Å²) in [6.45, 7) is 7.84. The Morgan fingerprint density at radius 3 is 2.95 bits per heavy atom. The Kier molecular flexibility index (Phi) is 7.23. The van der Waals surface area contributed by atoms with Gasteiger partial charge >= 0.3 is 0 Å². The first kappa shape index (κ1) is 16.3. The second-order valence-corrected chi connectivity index (χ2v) is 5.27. The van der Waals surface area contributed by atoms with E-state index in [-0.39, 0.29) is 11.9 Å². The Bertz CT molecular complexity index is 426. The maximum atomic E-state index is 13.3. The van der Waals surface area contributed by atoms with E-state index in [4.69, 9.17) is 10.5 Å². The highest BCUT2D eigenvalue weighted by atomic mass is 79.9. The molecule has 0 radical (unpaired) electrons. The highest BCUT2D eigenvalue weighted by Crippen LogP contribution is 2.23. The molecule has 5 heteroatoms. The molecule has 0 heterocycles. The first-order chi connectivity index (χ1) is 9.04. The van der Waals surface area contributed by atoms with Crippen molar-refractivity contribution in [1.29, 1.82) is 0 Å². The first-order valence-corrected chi connectivity index (χ1v) is 6.94. The molecule has 0 bridgehead atoms. The molecular weight excluding hydrogens is 311 g/mol. The molecule has 3 N–H and O–H groups in total. The van der Waals surface area contributed by atoms with Crippen LogP contribution in [-0.2, 0) is 4.74 Å². The van der Waals surface area contributed by atoms with Gasteiger partial charge in [0.1, 0.15) is 5.82 Å². The number of hydrogen-bond acceptors (Lipinski definition) is 3. The van der Waals surface area contributed by atoms with E-state index in [1.807, 2.05) is 6.92 Å². The Balaban J connectivity index is 2.49. The van der Waals surface area contributed by atoms with Gasteiger partial charge in [0.25, 0.3) is 0 Å². The quantitative estimate of drug-likeness (QED) is 0.569. The molecule has 1 aromatic rings. The molecule has 106 valence electrons. The molecule has 19 heavy (non-hydrogen) atoms. The first-order valence-electron chi connectivity index (χ1n) is 6.15. The van der Waals surface area contributed by atoms with Crippen molar-refractivity contribution >= 4 is 15.9 Å². The fourth-order valence-corrected chi connectivity index (χ4v) is 2.18. The molecule has 1 rings (SSSR count). The molecule has 0 saturated heterocycles. The molecule has 1 aromatic carbocycles. The van der Waals surface area contributed by atoms with E-state index >= 15 is 0 Å². The minimum Gasteiger partial charge on any atom is -0.376 e. The number of benzene rings is 1. The van der Waals surface area contributed by atoms with Crippen molar-refractivity contribution < 1.29 is 9.13 Å². The summed E-state index contributed by atoms with van der Waals surface area (Å²) in [6, 6.07) is 4.49. The van der Waals surface area contributed by atoms with Crippen molar-refractivity contribution in [2.45, 2.75) is 13.0 Å². The van der Waals surface area contributed by atoms with Gasteiger partial charge in [-0.25, -0.2) is 4.39 Å². The zero-order valence-corrected chi connectivity index (χ0v) is 12.7. The van der Waals surface area contributed by atoms with Crippen LogP contribution in [0.15, 0.2) is 34.8 Å². The Labute approximate surface area is 122 Å². The monoisotopic (exact) mass is 330 g/mol. The van der Waals surface area contributed by atoms with Gasteiger partial charge in [-0.3, -0.25) is 0 Å². The lowest BCUT2D eigenvalue weighted by Crippen LogP contribution is -2.31. The van der Waals surface area contributed by atoms with E-state index in [1.54, 1.807) is 6.07 Å². The third kappa shape index (κ3) is 5.82. The number of rotatable bonds is 8. The van der Waals surface area contributed by atoms with Crippen LogP contribution in [0.4, 0.5) is 4.39 Å². The Morgan fingerprint density at radius 2 is 2.32 bits per heavy atom. The summed E-state index contributed by atoms with van der Waals surface area (Å²) in [5.74, 6) is -0.267. The third-order valence-corrected chi connectivity index (χ3v) is 3.28. The SMILES string of the molecule is C=C(C)COCCNC(CN)c1cc(F)ccc1Br. The van der Waals surface area contributed by atoms with E-state index in [1.165, 1.54) is 12.1 Å². The highest BCUT2D eigenvalue weighted by Gasteiger charge is 2.13. The molecule has 3 nitrogen and oxygen atoms in total. The fourth-order valence-electron chi connectivity index (χ4n) is 1.65. The molecular formula is C14H20BrFN2O. The van der Waals surface area contributed by atoms with Crippen LogP contribution in [0.5, 0.6) is 0 Å². The lowest BCUT2D eigenvalue weighted by molar-refractivity contribution is 0.155. The number of nitrogens with one attached hydrogen (secondary N) is 1. The molecule has 0 aliphatic carbocycles. The number of ether oxygens (including phenoxy) is 1. The van der Waals surface area contributed by atoms with Crippen LogP contribution in [0.2, 0.25) is 0 Å². The Morgan fingerprint density at radius 1 is 1.58 bits per heavy atom. The van der Waals surface area contributed by atoms with Crippen molar-refractivity contribution in [1.82, 2.24) is 5.32 Å². The van der Waals surface area contributed by atoms with Crippen LogP contribution in [0, 0.1) is 5.82 Å². The minimum absolute atomic E-state index is 0.0986. The van der Waals surface area contributed by atoms with Gasteiger partial charge in [-0.05, 0) is 30.7 Å². The van der Waals surface area contributed by atoms with Crippen molar-refractivity contribution in [3.05, 3.63) is 46.2 Å². The van der Waals surface area contributed by atoms with Crippen LogP contribution < -0.4 is 11.1 Å². The molecule has 0 fully saturated rings. The summed E-state index contributed by atoms with van der Waals surface area (Å²) in [5, 5.41) is 3.25. The zero-order chi connectivity index (χ0) is 14.3. The molecule has 0 aromatic heterocycles. The average Bonchev–Trinajstić information content (AvgIpc) is 2.37. The summed E-state index contributed by atoms with van der Waals surface area (Å²) < 4.78 is 19.5. The lowest BCUT2D eigenvalue weighted by atomic mass is 10.1. The van der Waals surface area contributed by atoms with Gasteiger partial charge in [0.05, 0.1) is 13.2 Å². The standard InChI is InChI=1S/C14H20BrFN2O/c1-10(2)9-19-6-5-18-14(8-17)12-7-11(16)3-4-13(12)15/h3-4,7,14,18H,1,5-6,8-9,17H2,2H3. The number of nitrogens with two attached hydrogens (primary N) is 1. The van der Waals surface area contributed by atoms with Crippen molar-refractivity contribution in [3.8, 4) is 0 Å². The summed E-state index contributed by atoms with van der Waals surface area (Å²) in [7, 11) is 0. The third-order valence-electron chi connectivity index (χ3n) is 2.55. The van der Waals surface area contributed by atoms with E-state index in [9.17, 15) is 4.39 Å². The van der Waals surface area contributed by atoms with Gasteiger partial charge in [0.2, 0.25) is 0 Å². The van der Waals surface area contributed by atoms with E-state index in [2.05, 4.69) is 27.8 Å². The second-order valence-electron chi connectivity index (χ2n) is 4.42. The average molecular weight is 331 g/mol. The predicted molar refractivity (Wildman–Crippen MR) is 79.5 cm³/mol. The van der Waals surface area contributed by atoms with Crippen molar-refractivity contribution in [2.75, 3.05) is 26.3 Å². The van der Waals surface area contributed by atoms with Gasteiger partial charge < -0.3 is 15.8 Å². The largest absolute Gasteiger partial charge is 0.376 e. The molecule has 0 saturated carbocycles. The summed E-state index contributed by atoms with van der Waals surface area (Å²) >= 11 is 3.41. The van der Waals surface area contributed by atoms with Gasteiger partial charge in [-0.2, -0.15) is 0 Å².